The predicted molar refractivity (Wildman–Crippen MR) is 113 cm³/mol. The number of fused-ring (bicyclic) bond motifs is 2. The number of hydrogen-bond donors (Lipinski definition) is 0. The van der Waals surface area contributed by atoms with E-state index in [4.69, 9.17) is 24.0 Å². The highest BCUT2D eigenvalue weighted by atomic mass is 17.3. The van der Waals surface area contributed by atoms with Crippen LogP contribution in [0.1, 0.15) is 58.4 Å². The zero-order chi connectivity index (χ0) is 20.9. The highest BCUT2D eigenvalue weighted by molar-refractivity contribution is 5.51. The SMILES string of the molecule is COc1cccc(/C=C/C[C@H]2O[C@@H]3O[C@@]4(C)CC[C@H]5[C@H](C)CC[C@@H]([C@H]2C)[C@@]35OO4)c1. The molecule has 1 aromatic carbocycles. The van der Waals surface area contributed by atoms with Crippen LogP contribution in [0.4, 0.5) is 0 Å². The van der Waals surface area contributed by atoms with Crippen LogP contribution < -0.4 is 4.74 Å². The largest absolute Gasteiger partial charge is 0.497 e. The second-order valence-electron chi connectivity index (χ2n) is 9.86. The summed E-state index contributed by atoms with van der Waals surface area (Å²) < 4.78 is 18.4. The van der Waals surface area contributed by atoms with Crippen LogP contribution in [0.3, 0.4) is 0 Å². The Morgan fingerprint density at radius 3 is 2.83 bits per heavy atom. The van der Waals surface area contributed by atoms with Gasteiger partial charge in [0.1, 0.15) is 5.75 Å². The average Bonchev–Trinajstić information content (AvgIpc) is 2.98. The maximum atomic E-state index is 6.64. The summed E-state index contributed by atoms with van der Waals surface area (Å²) in [4.78, 5) is 12.1. The minimum absolute atomic E-state index is 0.105. The molecule has 2 bridgehead atoms. The predicted octanol–water partition coefficient (Wildman–Crippen LogP) is 5.35. The van der Waals surface area contributed by atoms with E-state index in [1.54, 1.807) is 7.11 Å². The molecule has 1 spiro atoms. The molecule has 0 amide bonds. The Balaban J connectivity index is 1.38. The Morgan fingerprint density at radius 2 is 2.00 bits per heavy atom. The Hall–Kier alpha value is -1.40. The molecule has 1 aromatic rings. The Labute approximate surface area is 179 Å². The van der Waals surface area contributed by atoms with Crippen LogP contribution in [0.25, 0.3) is 6.08 Å². The van der Waals surface area contributed by atoms with Crippen molar-refractivity contribution in [2.45, 2.75) is 76.7 Å². The van der Waals surface area contributed by atoms with Gasteiger partial charge in [0.15, 0.2) is 11.9 Å². The number of rotatable bonds is 4. The van der Waals surface area contributed by atoms with E-state index < -0.39 is 11.4 Å². The van der Waals surface area contributed by atoms with Gasteiger partial charge in [-0.05, 0) is 68.1 Å². The number of methoxy groups -OCH3 is 1. The van der Waals surface area contributed by atoms with Crippen LogP contribution in [-0.2, 0) is 19.2 Å². The lowest BCUT2D eigenvalue weighted by atomic mass is 9.57. The van der Waals surface area contributed by atoms with E-state index in [2.05, 4.69) is 32.1 Å². The molecule has 5 fully saturated rings. The second kappa shape index (κ2) is 7.63. The Morgan fingerprint density at radius 1 is 1.13 bits per heavy atom. The van der Waals surface area contributed by atoms with Crippen molar-refractivity contribution in [2.24, 2.45) is 23.7 Å². The lowest BCUT2D eigenvalue weighted by Gasteiger charge is -2.60. The molecule has 5 heteroatoms. The van der Waals surface area contributed by atoms with Crippen molar-refractivity contribution in [3.8, 4) is 5.75 Å². The van der Waals surface area contributed by atoms with Gasteiger partial charge in [-0.15, -0.1) is 0 Å². The molecular weight excluding hydrogens is 380 g/mol. The zero-order valence-corrected chi connectivity index (χ0v) is 18.5. The highest BCUT2D eigenvalue weighted by Crippen LogP contribution is 2.60. The van der Waals surface area contributed by atoms with E-state index in [9.17, 15) is 0 Å². The first-order valence-electron chi connectivity index (χ1n) is 11.5. The normalized spacial score (nSPS) is 45.2. The van der Waals surface area contributed by atoms with Crippen LogP contribution in [0.5, 0.6) is 5.75 Å². The van der Waals surface area contributed by atoms with E-state index in [0.717, 1.165) is 37.0 Å². The van der Waals surface area contributed by atoms with Crippen LogP contribution in [0.15, 0.2) is 30.3 Å². The summed E-state index contributed by atoms with van der Waals surface area (Å²) in [6.45, 7) is 6.65. The van der Waals surface area contributed by atoms with Gasteiger partial charge in [0.2, 0.25) is 5.79 Å². The Kier molecular flexibility index (Phi) is 5.21. The first kappa shape index (κ1) is 20.5. The fourth-order valence-electron chi connectivity index (χ4n) is 6.33. The smallest absolute Gasteiger partial charge is 0.201 e. The van der Waals surface area contributed by atoms with Gasteiger partial charge in [-0.3, -0.25) is 0 Å². The van der Waals surface area contributed by atoms with Gasteiger partial charge in [0.05, 0.1) is 13.2 Å². The molecule has 1 aliphatic carbocycles. The molecule has 0 radical (unpaired) electrons. The minimum Gasteiger partial charge on any atom is -0.497 e. The third kappa shape index (κ3) is 3.22. The second-order valence-corrected chi connectivity index (χ2v) is 9.86. The molecule has 0 N–H and O–H groups in total. The molecule has 5 aliphatic rings. The number of ether oxygens (including phenoxy) is 3. The Bertz CT molecular complexity index is 808. The fraction of sp³-hybridized carbons (Fsp3) is 0.680. The van der Waals surface area contributed by atoms with Crippen molar-refractivity contribution < 1.29 is 24.0 Å². The van der Waals surface area contributed by atoms with E-state index in [1.165, 1.54) is 6.42 Å². The summed E-state index contributed by atoms with van der Waals surface area (Å²) in [6, 6.07) is 8.11. The summed E-state index contributed by atoms with van der Waals surface area (Å²) in [5, 5.41) is 0. The summed E-state index contributed by atoms with van der Waals surface area (Å²) in [5.41, 5.74) is 0.662. The third-order valence-electron chi connectivity index (χ3n) is 8.07. The lowest BCUT2D eigenvalue weighted by molar-refractivity contribution is -0.571. The van der Waals surface area contributed by atoms with Gasteiger partial charge < -0.3 is 14.2 Å². The molecule has 30 heavy (non-hydrogen) atoms. The van der Waals surface area contributed by atoms with E-state index >= 15 is 0 Å². The number of hydrogen-bond acceptors (Lipinski definition) is 5. The van der Waals surface area contributed by atoms with Crippen molar-refractivity contribution in [1.82, 2.24) is 0 Å². The van der Waals surface area contributed by atoms with Crippen molar-refractivity contribution >= 4 is 6.08 Å². The first-order chi connectivity index (χ1) is 14.4. The quantitative estimate of drug-likeness (QED) is 0.622. The van der Waals surface area contributed by atoms with Crippen molar-refractivity contribution in [3.63, 3.8) is 0 Å². The average molecular weight is 415 g/mol. The van der Waals surface area contributed by atoms with Gasteiger partial charge in [0.25, 0.3) is 0 Å². The molecule has 0 unspecified atom stereocenters. The molecule has 164 valence electrons. The fourth-order valence-corrected chi connectivity index (χ4v) is 6.33. The monoisotopic (exact) mass is 414 g/mol. The lowest BCUT2D eigenvalue weighted by Crippen LogP contribution is -2.70. The molecule has 0 aromatic heterocycles. The molecular formula is C25H34O5. The minimum atomic E-state index is -0.709. The van der Waals surface area contributed by atoms with Gasteiger partial charge in [0, 0.05) is 12.3 Å². The van der Waals surface area contributed by atoms with Gasteiger partial charge in [-0.2, -0.15) is 0 Å². The highest BCUT2D eigenvalue weighted by Gasteiger charge is 2.69. The summed E-state index contributed by atoms with van der Waals surface area (Å²) in [7, 11) is 1.70. The van der Waals surface area contributed by atoms with Crippen molar-refractivity contribution in [2.75, 3.05) is 7.11 Å². The van der Waals surface area contributed by atoms with Crippen molar-refractivity contribution in [1.29, 1.82) is 0 Å². The summed E-state index contributed by atoms with van der Waals surface area (Å²) in [6.07, 6.45) is 9.25. The van der Waals surface area contributed by atoms with E-state index in [0.29, 0.717) is 23.7 Å². The molecule has 4 saturated heterocycles. The maximum Gasteiger partial charge on any atom is 0.201 e. The van der Waals surface area contributed by atoms with Crippen LogP contribution in [0.2, 0.25) is 0 Å². The van der Waals surface area contributed by atoms with Crippen LogP contribution >= 0.6 is 0 Å². The van der Waals surface area contributed by atoms with E-state index in [-0.39, 0.29) is 12.4 Å². The summed E-state index contributed by atoms with van der Waals surface area (Å²) in [5.74, 6) is 1.94. The maximum absolute atomic E-state index is 6.64. The zero-order valence-electron chi connectivity index (χ0n) is 18.5. The standard InChI is InChI=1S/C25H34O5/c1-16-11-12-21-17(2)22(10-6-8-18-7-5-9-19(15-18)26-4)27-23-25(21)20(16)13-14-24(3,28-23)29-30-25/h5-9,15-17,20-23H,10-14H2,1-4H3/b8-6+/t16-,17-,20+,21+,22-,23-,24-,25-/m1/s1. The summed E-state index contributed by atoms with van der Waals surface area (Å²) >= 11 is 0. The van der Waals surface area contributed by atoms with Gasteiger partial charge in [-0.1, -0.05) is 38.1 Å². The third-order valence-corrected chi connectivity index (χ3v) is 8.07. The van der Waals surface area contributed by atoms with Crippen LogP contribution in [0, 0.1) is 23.7 Å². The molecule has 6 rings (SSSR count). The van der Waals surface area contributed by atoms with E-state index in [1.807, 2.05) is 25.1 Å². The first-order valence-corrected chi connectivity index (χ1v) is 11.5. The van der Waals surface area contributed by atoms with Gasteiger partial charge in [-0.25, -0.2) is 9.78 Å². The van der Waals surface area contributed by atoms with Gasteiger partial charge >= 0.3 is 0 Å². The molecule has 4 heterocycles. The molecule has 4 aliphatic heterocycles. The molecule has 8 atom stereocenters. The van der Waals surface area contributed by atoms with Crippen LogP contribution in [-0.4, -0.2) is 30.9 Å². The molecule has 5 nitrogen and oxygen atoms in total. The number of benzene rings is 1. The molecule has 1 saturated carbocycles. The topological polar surface area (TPSA) is 46.2 Å². The van der Waals surface area contributed by atoms with Crippen molar-refractivity contribution in [3.05, 3.63) is 35.9 Å².